The van der Waals surface area contributed by atoms with E-state index in [1.165, 1.54) is 29.7 Å². The van der Waals surface area contributed by atoms with E-state index in [0.717, 1.165) is 28.3 Å². The number of thiophene rings is 1. The SMILES string of the molecule is CCC1CC1S(=O)(=O)NC(c1cc2cccc(-c3cc(C(C)C(F)(F)F)ccn3)c2s1)c1ccccc1Cl. The van der Waals surface area contributed by atoms with E-state index in [4.69, 9.17) is 11.6 Å². The van der Waals surface area contributed by atoms with Crippen LogP contribution in [0.3, 0.4) is 0 Å². The van der Waals surface area contributed by atoms with Crippen molar-refractivity contribution in [2.24, 2.45) is 5.92 Å². The minimum atomic E-state index is -4.36. The van der Waals surface area contributed by atoms with E-state index in [1.54, 1.807) is 18.2 Å². The van der Waals surface area contributed by atoms with Crippen molar-refractivity contribution in [2.75, 3.05) is 0 Å². The first-order valence-corrected chi connectivity index (χ1v) is 15.0. The van der Waals surface area contributed by atoms with Gasteiger partial charge in [0.15, 0.2) is 0 Å². The zero-order valence-corrected chi connectivity index (χ0v) is 23.1. The topological polar surface area (TPSA) is 59.1 Å². The van der Waals surface area contributed by atoms with Gasteiger partial charge in [-0.05, 0) is 60.0 Å². The van der Waals surface area contributed by atoms with E-state index in [1.807, 2.05) is 37.3 Å². The van der Waals surface area contributed by atoms with Crippen LogP contribution in [0.1, 0.15) is 54.7 Å². The van der Waals surface area contributed by atoms with Gasteiger partial charge >= 0.3 is 6.18 Å². The molecule has 0 radical (unpaired) electrons. The lowest BCUT2D eigenvalue weighted by atomic mass is 9.99. The average molecular weight is 579 g/mol. The molecule has 0 saturated heterocycles. The summed E-state index contributed by atoms with van der Waals surface area (Å²) in [4.78, 5) is 5.10. The van der Waals surface area contributed by atoms with E-state index in [2.05, 4.69) is 9.71 Å². The molecule has 200 valence electrons. The van der Waals surface area contributed by atoms with Crippen LogP contribution in [0.15, 0.2) is 66.9 Å². The standard InChI is InChI=1S/C28H26ClF3N2O2S2/c1-3-17-15-25(17)38(35,36)34-26(20-8-4-5-10-22(20)29)24-14-19-7-6-9-21(27(19)37-24)23-13-18(11-12-33-23)16(2)28(30,31)32/h4-14,16-17,25-26,34H,3,15H2,1-2H3. The van der Waals surface area contributed by atoms with Gasteiger partial charge in [-0.25, -0.2) is 13.1 Å². The molecule has 1 aliphatic rings. The summed E-state index contributed by atoms with van der Waals surface area (Å²) in [6.45, 7) is 3.12. The number of rotatable bonds is 8. The lowest BCUT2D eigenvalue weighted by Gasteiger charge is -2.19. The van der Waals surface area contributed by atoms with Crippen molar-refractivity contribution >= 4 is 43.0 Å². The predicted octanol–water partition coefficient (Wildman–Crippen LogP) is 8.09. The van der Waals surface area contributed by atoms with Gasteiger partial charge in [0.1, 0.15) is 0 Å². The molecule has 4 atom stereocenters. The van der Waals surface area contributed by atoms with Crippen molar-refractivity contribution < 1.29 is 21.6 Å². The highest BCUT2D eigenvalue weighted by molar-refractivity contribution is 7.90. The van der Waals surface area contributed by atoms with Crippen molar-refractivity contribution in [2.45, 2.75) is 50.1 Å². The summed E-state index contributed by atoms with van der Waals surface area (Å²) in [5, 5.41) is 0.855. The molecule has 0 bridgehead atoms. The van der Waals surface area contributed by atoms with E-state index in [9.17, 15) is 21.6 Å². The predicted molar refractivity (Wildman–Crippen MR) is 147 cm³/mol. The number of nitrogens with zero attached hydrogens (tertiary/aromatic N) is 1. The first-order chi connectivity index (χ1) is 18.0. The summed E-state index contributed by atoms with van der Waals surface area (Å²) < 4.78 is 70.3. The molecular formula is C28H26ClF3N2O2S2. The van der Waals surface area contributed by atoms with Gasteiger partial charge in [0.25, 0.3) is 0 Å². The Labute approximate surface area is 228 Å². The smallest absolute Gasteiger partial charge is 0.256 e. The first-order valence-electron chi connectivity index (χ1n) is 12.3. The minimum Gasteiger partial charge on any atom is -0.256 e. The maximum Gasteiger partial charge on any atom is 0.395 e. The summed E-state index contributed by atoms with van der Waals surface area (Å²) in [5.74, 6) is -1.48. The minimum absolute atomic E-state index is 0.132. The highest BCUT2D eigenvalue weighted by atomic mass is 35.5. The van der Waals surface area contributed by atoms with Crippen LogP contribution in [0.2, 0.25) is 5.02 Å². The molecule has 38 heavy (non-hydrogen) atoms. The van der Waals surface area contributed by atoms with Crippen molar-refractivity contribution in [3.8, 4) is 11.3 Å². The third-order valence-electron chi connectivity index (χ3n) is 7.18. The lowest BCUT2D eigenvalue weighted by molar-refractivity contribution is -0.146. The molecule has 2 heterocycles. The fourth-order valence-electron chi connectivity index (χ4n) is 4.74. The highest BCUT2D eigenvalue weighted by Crippen LogP contribution is 2.44. The summed E-state index contributed by atoms with van der Waals surface area (Å²) in [6.07, 6.45) is -1.54. The molecule has 2 aromatic carbocycles. The molecule has 5 rings (SSSR count). The zero-order chi connectivity index (χ0) is 27.2. The highest BCUT2D eigenvalue weighted by Gasteiger charge is 2.47. The van der Waals surface area contributed by atoms with Gasteiger partial charge in [-0.15, -0.1) is 11.3 Å². The van der Waals surface area contributed by atoms with Gasteiger partial charge in [-0.1, -0.05) is 61.3 Å². The Morgan fingerprint density at radius 3 is 2.58 bits per heavy atom. The third-order valence-corrected chi connectivity index (χ3v) is 10.7. The third kappa shape index (κ3) is 5.34. The Kier molecular flexibility index (Phi) is 7.32. The Morgan fingerprint density at radius 2 is 1.89 bits per heavy atom. The summed E-state index contributed by atoms with van der Waals surface area (Å²) in [6, 6.07) is 16.7. The van der Waals surface area contributed by atoms with Crippen LogP contribution >= 0.6 is 22.9 Å². The second-order valence-electron chi connectivity index (χ2n) is 9.67. The molecule has 0 amide bonds. The van der Waals surface area contributed by atoms with Crippen LogP contribution in [0.25, 0.3) is 21.3 Å². The van der Waals surface area contributed by atoms with Gasteiger partial charge in [0, 0.05) is 26.4 Å². The molecular weight excluding hydrogens is 553 g/mol. The Morgan fingerprint density at radius 1 is 1.13 bits per heavy atom. The van der Waals surface area contributed by atoms with Crippen molar-refractivity contribution in [1.29, 1.82) is 0 Å². The molecule has 0 aliphatic heterocycles. The van der Waals surface area contributed by atoms with Gasteiger partial charge in [-0.3, -0.25) is 4.98 Å². The number of hydrogen-bond donors (Lipinski definition) is 1. The molecule has 1 saturated carbocycles. The number of benzene rings is 2. The van der Waals surface area contributed by atoms with E-state index in [-0.39, 0.29) is 11.5 Å². The molecule has 4 unspecified atom stereocenters. The zero-order valence-electron chi connectivity index (χ0n) is 20.7. The van der Waals surface area contributed by atoms with Gasteiger partial charge < -0.3 is 0 Å². The lowest BCUT2D eigenvalue weighted by Crippen LogP contribution is -2.32. The Balaban J connectivity index is 1.59. The number of aromatic nitrogens is 1. The van der Waals surface area contributed by atoms with Gasteiger partial charge in [0.2, 0.25) is 10.0 Å². The van der Waals surface area contributed by atoms with E-state index < -0.39 is 33.4 Å². The number of halogens is 4. The van der Waals surface area contributed by atoms with Crippen LogP contribution in [-0.4, -0.2) is 24.8 Å². The van der Waals surface area contributed by atoms with Crippen LogP contribution < -0.4 is 4.72 Å². The molecule has 10 heteroatoms. The monoisotopic (exact) mass is 578 g/mol. The molecule has 2 aromatic heterocycles. The number of sulfonamides is 1. The van der Waals surface area contributed by atoms with Crippen LogP contribution in [0.5, 0.6) is 0 Å². The van der Waals surface area contributed by atoms with Gasteiger partial charge in [-0.2, -0.15) is 13.2 Å². The second-order valence-corrected chi connectivity index (χ2v) is 13.1. The summed E-state index contributed by atoms with van der Waals surface area (Å²) >= 11 is 7.91. The maximum absolute atomic E-state index is 13.4. The van der Waals surface area contributed by atoms with Crippen molar-refractivity contribution in [1.82, 2.24) is 9.71 Å². The van der Waals surface area contributed by atoms with E-state index >= 15 is 0 Å². The normalized spacial score (nSPS) is 19.4. The molecule has 4 aromatic rings. The molecule has 0 spiro atoms. The quantitative estimate of drug-likeness (QED) is 0.230. The van der Waals surface area contributed by atoms with Crippen molar-refractivity contribution in [3.05, 3.63) is 87.9 Å². The second kappa shape index (κ2) is 10.3. The van der Waals surface area contributed by atoms with Crippen LogP contribution in [0.4, 0.5) is 13.2 Å². The van der Waals surface area contributed by atoms with Crippen LogP contribution in [0, 0.1) is 5.92 Å². The molecule has 4 nitrogen and oxygen atoms in total. The number of hydrogen-bond acceptors (Lipinski definition) is 4. The number of fused-ring (bicyclic) bond motifs is 1. The fourth-order valence-corrected chi connectivity index (χ4v) is 8.27. The fraction of sp³-hybridized carbons (Fsp3) is 0.321. The summed E-state index contributed by atoms with van der Waals surface area (Å²) in [5.41, 5.74) is 1.88. The van der Waals surface area contributed by atoms with Crippen molar-refractivity contribution in [3.63, 3.8) is 0 Å². The molecule has 1 fully saturated rings. The molecule has 1 aliphatic carbocycles. The first kappa shape index (κ1) is 27.1. The van der Waals surface area contributed by atoms with Crippen LogP contribution in [-0.2, 0) is 10.0 Å². The number of pyridine rings is 1. The summed E-state index contributed by atoms with van der Waals surface area (Å²) in [7, 11) is -3.61. The molecule has 1 N–H and O–H groups in total. The maximum atomic E-state index is 13.4. The van der Waals surface area contributed by atoms with Gasteiger partial charge in [0.05, 0.1) is 22.9 Å². The number of nitrogens with one attached hydrogen (secondary N) is 1. The number of alkyl halides is 3. The average Bonchev–Trinajstić information content (AvgIpc) is 3.58. The van der Waals surface area contributed by atoms with E-state index in [0.29, 0.717) is 28.3 Å². The largest absolute Gasteiger partial charge is 0.395 e. The Bertz CT molecular complexity index is 1590. The Hall–Kier alpha value is -2.46.